The standard InChI is InChI=1S/C16H21NS/c1-3-9-17-11-13(4-2)10-14-12-18-16-8-6-5-7-15(14)16/h5-8,10,12,17H,3-4,9,11H2,1-2H3. The van der Waals surface area contributed by atoms with Gasteiger partial charge in [-0.3, -0.25) is 0 Å². The second kappa shape index (κ2) is 6.72. The van der Waals surface area contributed by atoms with E-state index in [0.29, 0.717) is 0 Å². The first-order valence-corrected chi connectivity index (χ1v) is 7.59. The average molecular weight is 259 g/mol. The first-order chi connectivity index (χ1) is 8.85. The monoisotopic (exact) mass is 259 g/mol. The molecule has 0 spiro atoms. The summed E-state index contributed by atoms with van der Waals surface area (Å²) >= 11 is 1.83. The van der Waals surface area contributed by atoms with Crippen molar-refractivity contribution in [3.05, 3.63) is 40.8 Å². The van der Waals surface area contributed by atoms with Crippen LogP contribution in [0.25, 0.3) is 16.2 Å². The van der Waals surface area contributed by atoms with Crippen LogP contribution in [0.15, 0.2) is 35.2 Å². The molecule has 0 saturated carbocycles. The van der Waals surface area contributed by atoms with Crippen molar-refractivity contribution >= 4 is 27.5 Å². The molecule has 2 rings (SSSR count). The molecule has 1 heterocycles. The lowest BCUT2D eigenvalue weighted by atomic mass is 10.1. The third-order valence-corrected chi connectivity index (χ3v) is 4.09. The summed E-state index contributed by atoms with van der Waals surface area (Å²) in [7, 11) is 0. The molecule has 1 aromatic heterocycles. The van der Waals surface area contributed by atoms with Gasteiger partial charge in [-0.1, -0.05) is 43.7 Å². The van der Waals surface area contributed by atoms with Gasteiger partial charge in [0, 0.05) is 11.2 Å². The minimum Gasteiger partial charge on any atom is -0.313 e. The van der Waals surface area contributed by atoms with Crippen molar-refractivity contribution in [1.82, 2.24) is 5.32 Å². The van der Waals surface area contributed by atoms with Crippen LogP contribution in [-0.2, 0) is 0 Å². The van der Waals surface area contributed by atoms with Crippen LogP contribution < -0.4 is 5.32 Å². The van der Waals surface area contributed by atoms with Crippen molar-refractivity contribution in [3.63, 3.8) is 0 Å². The Morgan fingerprint density at radius 2 is 2.11 bits per heavy atom. The van der Waals surface area contributed by atoms with Gasteiger partial charge in [0.15, 0.2) is 0 Å². The van der Waals surface area contributed by atoms with Gasteiger partial charge in [-0.25, -0.2) is 0 Å². The number of benzene rings is 1. The lowest BCUT2D eigenvalue weighted by molar-refractivity contribution is 0.706. The summed E-state index contributed by atoms with van der Waals surface area (Å²) in [4.78, 5) is 0. The van der Waals surface area contributed by atoms with Gasteiger partial charge in [-0.05, 0) is 41.8 Å². The van der Waals surface area contributed by atoms with Gasteiger partial charge in [-0.2, -0.15) is 0 Å². The molecule has 0 amide bonds. The Morgan fingerprint density at radius 3 is 2.89 bits per heavy atom. The summed E-state index contributed by atoms with van der Waals surface area (Å²) in [5, 5.41) is 7.12. The van der Waals surface area contributed by atoms with E-state index >= 15 is 0 Å². The fourth-order valence-electron chi connectivity index (χ4n) is 2.03. The van der Waals surface area contributed by atoms with Crippen LogP contribution in [0.1, 0.15) is 32.3 Å². The molecule has 1 nitrogen and oxygen atoms in total. The highest BCUT2D eigenvalue weighted by Crippen LogP contribution is 2.27. The normalized spacial score (nSPS) is 12.2. The third-order valence-electron chi connectivity index (χ3n) is 3.10. The summed E-state index contributed by atoms with van der Waals surface area (Å²) in [5.41, 5.74) is 2.85. The molecule has 0 bridgehead atoms. The van der Waals surface area contributed by atoms with Crippen molar-refractivity contribution in [2.75, 3.05) is 13.1 Å². The second-order valence-electron chi connectivity index (χ2n) is 4.52. The summed E-state index contributed by atoms with van der Waals surface area (Å²) in [6.07, 6.45) is 4.65. The van der Waals surface area contributed by atoms with Crippen LogP contribution >= 0.6 is 11.3 Å². The Labute approximate surface area is 114 Å². The van der Waals surface area contributed by atoms with Gasteiger partial charge in [0.05, 0.1) is 0 Å². The van der Waals surface area contributed by atoms with E-state index in [1.165, 1.54) is 27.6 Å². The van der Waals surface area contributed by atoms with E-state index in [4.69, 9.17) is 0 Å². The quantitative estimate of drug-likeness (QED) is 0.742. The van der Waals surface area contributed by atoms with Crippen molar-refractivity contribution in [2.24, 2.45) is 0 Å². The minimum atomic E-state index is 1.01. The number of thiophene rings is 1. The van der Waals surface area contributed by atoms with E-state index in [1.807, 2.05) is 11.3 Å². The fraction of sp³-hybridized carbons (Fsp3) is 0.375. The zero-order valence-corrected chi connectivity index (χ0v) is 12.0. The Balaban J connectivity index is 2.19. The molecule has 96 valence electrons. The molecule has 0 aliphatic heterocycles. The maximum atomic E-state index is 3.48. The molecule has 0 aliphatic rings. The predicted octanol–water partition coefficient (Wildman–Crippen LogP) is 4.69. The fourth-order valence-corrected chi connectivity index (χ4v) is 2.95. The van der Waals surface area contributed by atoms with E-state index in [2.05, 4.69) is 54.9 Å². The largest absolute Gasteiger partial charge is 0.313 e. The molecule has 0 saturated heterocycles. The van der Waals surface area contributed by atoms with Crippen LogP contribution in [0.5, 0.6) is 0 Å². The second-order valence-corrected chi connectivity index (χ2v) is 5.43. The van der Waals surface area contributed by atoms with E-state index < -0.39 is 0 Å². The molecule has 0 radical (unpaired) electrons. The molecular weight excluding hydrogens is 238 g/mol. The van der Waals surface area contributed by atoms with E-state index in [1.54, 1.807) is 0 Å². The third kappa shape index (κ3) is 3.21. The van der Waals surface area contributed by atoms with Crippen LogP contribution in [0.2, 0.25) is 0 Å². The molecule has 0 fully saturated rings. The molecular formula is C16H21NS. The van der Waals surface area contributed by atoms with Gasteiger partial charge >= 0.3 is 0 Å². The van der Waals surface area contributed by atoms with Crippen molar-refractivity contribution in [3.8, 4) is 0 Å². The van der Waals surface area contributed by atoms with Crippen LogP contribution in [0, 0.1) is 0 Å². The van der Waals surface area contributed by atoms with Crippen molar-refractivity contribution < 1.29 is 0 Å². The molecule has 2 aromatic rings. The topological polar surface area (TPSA) is 12.0 Å². The van der Waals surface area contributed by atoms with E-state index in [-0.39, 0.29) is 0 Å². The summed E-state index contributed by atoms with van der Waals surface area (Å²) in [5.74, 6) is 0. The highest BCUT2D eigenvalue weighted by Gasteiger charge is 2.02. The van der Waals surface area contributed by atoms with Gasteiger partial charge in [-0.15, -0.1) is 11.3 Å². The lowest BCUT2D eigenvalue weighted by Gasteiger charge is -2.06. The van der Waals surface area contributed by atoms with Crippen LogP contribution in [0.3, 0.4) is 0 Å². The van der Waals surface area contributed by atoms with Crippen molar-refractivity contribution in [2.45, 2.75) is 26.7 Å². The lowest BCUT2D eigenvalue weighted by Crippen LogP contribution is -2.17. The Bertz CT molecular complexity index is 525. The Hall–Kier alpha value is -1.12. The average Bonchev–Trinajstić information content (AvgIpc) is 2.81. The zero-order chi connectivity index (χ0) is 12.8. The van der Waals surface area contributed by atoms with Gasteiger partial charge < -0.3 is 5.32 Å². The summed E-state index contributed by atoms with van der Waals surface area (Å²) < 4.78 is 1.38. The van der Waals surface area contributed by atoms with Crippen molar-refractivity contribution in [1.29, 1.82) is 0 Å². The molecule has 18 heavy (non-hydrogen) atoms. The Morgan fingerprint density at radius 1 is 1.28 bits per heavy atom. The molecule has 0 aliphatic carbocycles. The number of hydrogen-bond donors (Lipinski definition) is 1. The molecule has 0 atom stereocenters. The zero-order valence-electron chi connectivity index (χ0n) is 11.2. The van der Waals surface area contributed by atoms with Crippen LogP contribution in [-0.4, -0.2) is 13.1 Å². The highest BCUT2D eigenvalue weighted by atomic mass is 32.1. The molecule has 1 aromatic carbocycles. The number of hydrogen-bond acceptors (Lipinski definition) is 2. The maximum absolute atomic E-state index is 3.48. The summed E-state index contributed by atoms with van der Waals surface area (Å²) in [6, 6.07) is 8.63. The molecule has 0 unspecified atom stereocenters. The number of nitrogens with one attached hydrogen (secondary N) is 1. The molecule has 1 N–H and O–H groups in total. The smallest absolute Gasteiger partial charge is 0.0348 e. The predicted molar refractivity (Wildman–Crippen MR) is 83.3 cm³/mol. The number of rotatable bonds is 6. The minimum absolute atomic E-state index is 1.01. The maximum Gasteiger partial charge on any atom is 0.0348 e. The van der Waals surface area contributed by atoms with Gasteiger partial charge in [0.1, 0.15) is 0 Å². The van der Waals surface area contributed by atoms with Gasteiger partial charge in [0.25, 0.3) is 0 Å². The first-order valence-electron chi connectivity index (χ1n) is 6.71. The van der Waals surface area contributed by atoms with E-state index in [0.717, 1.165) is 19.5 Å². The first kappa shape index (κ1) is 13.3. The van der Waals surface area contributed by atoms with Gasteiger partial charge in [0.2, 0.25) is 0 Å². The summed E-state index contributed by atoms with van der Waals surface area (Å²) in [6.45, 7) is 6.54. The van der Waals surface area contributed by atoms with E-state index in [9.17, 15) is 0 Å². The Kier molecular flexibility index (Phi) is 4.97. The SMILES string of the molecule is CCCNCC(=Cc1csc2ccccc12)CC. The number of fused-ring (bicyclic) bond motifs is 1. The van der Waals surface area contributed by atoms with Crippen LogP contribution in [0.4, 0.5) is 0 Å². The molecule has 2 heteroatoms. The highest BCUT2D eigenvalue weighted by molar-refractivity contribution is 7.17.